The molecule has 5 rings (SSSR count). The number of rotatable bonds is 6. The van der Waals surface area contributed by atoms with Gasteiger partial charge in [0.05, 0.1) is 11.1 Å². The topological polar surface area (TPSA) is 92.3 Å². The lowest BCUT2D eigenvalue weighted by atomic mass is 10.0. The predicted octanol–water partition coefficient (Wildman–Crippen LogP) is 3.26. The fourth-order valence-corrected chi connectivity index (χ4v) is 4.51. The molecule has 1 N–H and O–H groups in total. The first kappa shape index (κ1) is 18.6. The molecular formula is C22H18N4O3S. The van der Waals surface area contributed by atoms with Crippen molar-refractivity contribution in [1.29, 1.82) is 0 Å². The molecule has 1 aliphatic heterocycles. The van der Waals surface area contributed by atoms with Crippen molar-refractivity contribution in [2.24, 2.45) is 0 Å². The van der Waals surface area contributed by atoms with Gasteiger partial charge in [0.25, 0.3) is 11.8 Å². The molecule has 0 saturated heterocycles. The summed E-state index contributed by atoms with van der Waals surface area (Å²) in [5, 5.41) is 12.3. The largest absolute Gasteiger partial charge is 0.299 e. The van der Waals surface area contributed by atoms with Crippen LogP contribution in [0.25, 0.3) is 0 Å². The Kier molecular flexibility index (Phi) is 4.63. The van der Waals surface area contributed by atoms with Crippen molar-refractivity contribution in [2.75, 3.05) is 5.32 Å². The van der Waals surface area contributed by atoms with Crippen LogP contribution in [-0.4, -0.2) is 38.9 Å². The molecule has 1 fully saturated rings. The van der Waals surface area contributed by atoms with E-state index in [1.165, 1.54) is 11.3 Å². The van der Waals surface area contributed by atoms with Gasteiger partial charge in [-0.1, -0.05) is 53.8 Å². The summed E-state index contributed by atoms with van der Waals surface area (Å²) in [6.07, 6.45) is 2.40. The van der Waals surface area contributed by atoms with E-state index in [9.17, 15) is 14.4 Å². The Bertz CT molecular complexity index is 1110. The van der Waals surface area contributed by atoms with Crippen molar-refractivity contribution in [3.05, 3.63) is 76.3 Å². The lowest BCUT2D eigenvalue weighted by Crippen LogP contribution is -2.48. The van der Waals surface area contributed by atoms with Gasteiger partial charge in [0.2, 0.25) is 11.0 Å². The number of nitrogens with one attached hydrogen (secondary N) is 1. The van der Waals surface area contributed by atoms with E-state index >= 15 is 0 Å². The number of carbonyl (C=O) groups is 3. The molecule has 1 aliphatic carbocycles. The van der Waals surface area contributed by atoms with Gasteiger partial charge in [0.15, 0.2) is 0 Å². The first-order valence-electron chi connectivity index (χ1n) is 9.77. The van der Waals surface area contributed by atoms with Crippen LogP contribution in [0.2, 0.25) is 0 Å². The molecule has 8 heteroatoms. The van der Waals surface area contributed by atoms with Crippen LogP contribution < -0.4 is 5.32 Å². The van der Waals surface area contributed by atoms with Crippen LogP contribution in [0.4, 0.5) is 5.13 Å². The van der Waals surface area contributed by atoms with E-state index in [-0.39, 0.29) is 6.42 Å². The molecule has 2 aliphatic rings. The van der Waals surface area contributed by atoms with Gasteiger partial charge in [0.1, 0.15) is 11.0 Å². The van der Waals surface area contributed by atoms with E-state index < -0.39 is 23.8 Å². The van der Waals surface area contributed by atoms with Gasteiger partial charge >= 0.3 is 0 Å². The molecule has 1 saturated carbocycles. The number of anilines is 1. The minimum Gasteiger partial charge on any atom is -0.299 e. The zero-order valence-electron chi connectivity index (χ0n) is 15.9. The fraction of sp³-hybridized carbons (Fsp3) is 0.227. The van der Waals surface area contributed by atoms with Crippen LogP contribution in [0, 0.1) is 0 Å². The standard InChI is InChI=1S/C22H18N4O3S/c27-18(23-22-25-24-19(30-22)14-10-11-14)17(12-13-6-2-1-3-7-13)26-20(28)15-8-4-5-9-16(15)21(26)29/h1-9,14,17H,10-12H2,(H,23,25,27). The summed E-state index contributed by atoms with van der Waals surface area (Å²) in [6, 6.07) is 15.0. The average molecular weight is 418 g/mol. The highest BCUT2D eigenvalue weighted by Crippen LogP contribution is 2.42. The number of fused-ring (bicyclic) bond motifs is 1. The molecule has 30 heavy (non-hydrogen) atoms. The third kappa shape index (κ3) is 3.39. The number of amides is 3. The van der Waals surface area contributed by atoms with Crippen molar-refractivity contribution in [2.45, 2.75) is 31.2 Å². The maximum atomic E-state index is 13.2. The van der Waals surface area contributed by atoms with Gasteiger partial charge in [-0.25, -0.2) is 0 Å². The lowest BCUT2D eigenvalue weighted by Gasteiger charge is -2.25. The highest BCUT2D eigenvalue weighted by atomic mass is 32.1. The van der Waals surface area contributed by atoms with Crippen LogP contribution in [0.15, 0.2) is 54.6 Å². The van der Waals surface area contributed by atoms with E-state index in [1.807, 2.05) is 30.3 Å². The zero-order chi connectivity index (χ0) is 20.7. The molecule has 0 bridgehead atoms. The van der Waals surface area contributed by atoms with Crippen LogP contribution in [0.5, 0.6) is 0 Å². The summed E-state index contributed by atoms with van der Waals surface area (Å²) in [4.78, 5) is 40.3. The number of carbonyl (C=O) groups excluding carboxylic acids is 3. The van der Waals surface area contributed by atoms with Crippen molar-refractivity contribution in [3.8, 4) is 0 Å². The third-order valence-corrected chi connectivity index (χ3v) is 6.31. The third-order valence-electron chi connectivity index (χ3n) is 5.31. The summed E-state index contributed by atoms with van der Waals surface area (Å²) in [5.41, 5.74) is 1.49. The predicted molar refractivity (Wildman–Crippen MR) is 111 cm³/mol. The summed E-state index contributed by atoms with van der Waals surface area (Å²) in [7, 11) is 0. The smallest absolute Gasteiger partial charge is 0.262 e. The van der Waals surface area contributed by atoms with E-state index in [4.69, 9.17) is 0 Å². The van der Waals surface area contributed by atoms with Crippen LogP contribution >= 0.6 is 11.3 Å². The van der Waals surface area contributed by atoms with Gasteiger partial charge in [0, 0.05) is 12.3 Å². The summed E-state index contributed by atoms with van der Waals surface area (Å²) < 4.78 is 0. The van der Waals surface area contributed by atoms with Gasteiger partial charge in [-0.3, -0.25) is 24.6 Å². The zero-order valence-corrected chi connectivity index (χ0v) is 16.8. The van der Waals surface area contributed by atoms with Gasteiger partial charge in [-0.05, 0) is 30.5 Å². The first-order chi connectivity index (χ1) is 14.6. The van der Waals surface area contributed by atoms with E-state index in [2.05, 4.69) is 15.5 Å². The molecule has 1 aromatic heterocycles. The van der Waals surface area contributed by atoms with Crippen molar-refractivity contribution in [3.63, 3.8) is 0 Å². The Balaban J connectivity index is 1.45. The quantitative estimate of drug-likeness (QED) is 0.621. The van der Waals surface area contributed by atoms with Gasteiger partial charge in [-0.15, -0.1) is 10.2 Å². The van der Waals surface area contributed by atoms with E-state index in [0.29, 0.717) is 22.2 Å². The Labute approximate surface area is 176 Å². The van der Waals surface area contributed by atoms with Crippen LogP contribution in [0.1, 0.15) is 50.0 Å². The molecule has 1 unspecified atom stereocenters. The Morgan fingerprint density at radius 1 is 1.00 bits per heavy atom. The van der Waals surface area contributed by atoms with E-state index in [1.54, 1.807) is 24.3 Å². The molecule has 1 atom stereocenters. The number of hydrogen-bond acceptors (Lipinski definition) is 6. The SMILES string of the molecule is O=C(Nc1nnc(C2CC2)s1)C(Cc1ccccc1)N1C(=O)c2ccccc2C1=O. The summed E-state index contributed by atoms with van der Waals surface area (Å²) in [6.45, 7) is 0. The molecule has 3 amide bonds. The number of benzene rings is 2. The molecule has 150 valence electrons. The average Bonchev–Trinajstić information content (AvgIpc) is 3.47. The molecule has 2 aromatic carbocycles. The number of imide groups is 1. The van der Waals surface area contributed by atoms with Crippen LogP contribution in [-0.2, 0) is 11.2 Å². The molecule has 7 nitrogen and oxygen atoms in total. The highest BCUT2D eigenvalue weighted by Gasteiger charge is 2.43. The minimum atomic E-state index is -0.993. The minimum absolute atomic E-state index is 0.215. The lowest BCUT2D eigenvalue weighted by molar-refractivity contribution is -0.119. The number of nitrogens with zero attached hydrogens (tertiary/aromatic N) is 3. The molecule has 3 aromatic rings. The Morgan fingerprint density at radius 2 is 1.63 bits per heavy atom. The fourth-order valence-electron chi connectivity index (χ4n) is 3.60. The van der Waals surface area contributed by atoms with Crippen molar-refractivity contribution < 1.29 is 14.4 Å². The normalized spacial score (nSPS) is 16.5. The number of aromatic nitrogens is 2. The molecule has 0 radical (unpaired) electrons. The molecule has 2 heterocycles. The summed E-state index contributed by atoms with van der Waals surface area (Å²) >= 11 is 1.34. The maximum absolute atomic E-state index is 13.2. The van der Waals surface area contributed by atoms with Gasteiger partial charge in [-0.2, -0.15) is 0 Å². The van der Waals surface area contributed by atoms with Crippen molar-refractivity contribution >= 4 is 34.2 Å². The molecular weight excluding hydrogens is 400 g/mol. The Hall–Kier alpha value is -3.39. The number of hydrogen-bond donors (Lipinski definition) is 1. The first-order valence-corrected chi connectivity index (χ1v) is 10.6. The maximum Gasteiger partial charge on any atom is 0.262 e. The molecule has 0 spiro atoms. The highest BCUT2D eigenvalue weighted by molar-refractivity contribution is 7.15. The second-order valence-electron chi connectivity index (χ2n) is 7.44. The Morgan fingerprint density at radius 3 is 2.27 bits per heavy atom. The van der Waals surface area contributed by atoms with E-state index in [0.717, 1.165) is 28.3 Å². The second-order valence-corrected chi connectivity index (χ2v) is 8.45. The van der Waals surface area contributed by atoms with Crippen LogP contribution in [0.3, 0.4) is 0 Å². The summed E-state index contributed by atoms with van der Waals surface area (Å²) in [5.74, 6) is -0.929. The monoisotopic (exact) mass is 418 g/mol. The van der Waals surface area contributed by atoms with Crippen molar-refractivity contribution in [1.82, 2.24) is 15.1 Å². The van der Waals surface area contributed by atoms with Gasteiger partial charge < -0.3 is 0 Å². The second kappa shape index (κ2) is 7.46.